The Kier molecular flexibility index (Phi) is 7.38. The summed E-state index contributed by atoms with van der Waals surface area (Å²) in [6, 6.07) is 28.9. The molecule has 1 amide bonds. The number of amides is 1. The van der Waals surface area contributed by atoms with Crippen molar-refractivity contribution >= 4 is 28.3 Å². The summed E-state index contributed by atoms with van der Waals surface area (Å²) in [4.78, 5) is 36.6. The van der Waals surface area contributed by atoms with Crippen LogP contribution in [0.1, 0.15) is 19.8 Å². The maximum Gasteiger partial charge on any atom is 0.282 e. The first-order chi connectivity index (χ1) is 20.1. The van der Waals surface area contributed by atoms with Crippen LogP contribution in [0.3, 0.4) is 0 Å². The van der Waals surface area contributed by atoms with E-state index < -0.39 is 0 Å². The fourth-order valence-corrected chi connectivity index (χ4v) is 4.93. The molecule has 0 aliphatic carbocycles. The van der Waals surface area contributed by atoms with Crippen molar-refractivity contribution < 1.29 is 9.53 Å². The molecule has 0 aliphatic rings. The normalized spacial score (nSPS) is 11.2. The second-order valence-corrected chi connectivity index (χ2v) is 9.76. The summed E-state index contributed by atoms with van der Waals surface area (Å²) in [6.45, 7) is 2.42. The van der Waals surface area contributed by atoms with Crippen LogP contribution in [-0.4, -0.2) is 38.7 Å². The van der Waals surface area contributed by atoms with Crippen molar-refractivity contribution in [1.82, 2.24) is 19.6 Å². The van der Waals surface area contributed by atoms with E-state index >= 15 is 0 Å². The molecule has 3 aromatic heterocycles. The third-order valence-electron chi connectivity index (χ3n) is 6.93. The van der Waals surface area contributed by atoms with Gasteiger partial charge in [-0.2, -0.15) is 4.52 Å². The standard InChI is InChI=1S/C33H29N5O3/c1-2-3-19-41-21-27(39)35-31-29(25-16-17-26-24(20-25)15-10-18-34-26)33(40)38-32(36-31)28(22-11-6-4-7-12-22)30(37-38)23-13-8-5-9-14-23/h4-18,20,37H,2-3,19,21H2,1H3,(H,35,39). The van der Waals surface area contributed by atoms with Gasteiger partial charge in [0, 0.05) is 23.8 Å². The zero-order valence-electron chi connectivity index (χ0n) is 22.6. The smallest absolute Gasteiger partial charge is 0.282 e. The number of anilines is 1. The zero-order valence-corrected chi connectivity index (χ0v) is 22.6. The molecule has 0 saturated carbocycles. The Hall–Kier alpha value is -5.08. The van der Waals surface area contributed by atoms with Crippen LogP contribution in [0.15, 0.2) is 102 Å². The molecule has 0 spiro atoms. The molecule has 6 aromatic rings. The Morgan fingerprint density at radius 1 is 0.902 bits per heavy atom. The number of nitrogens with zero attached hydrogens (tertiary/aromatic N) is 3. The number of hydrogen-bond donors (Lipinski definition) is 2. The third-order valence-corrected chi connectivity index (χ3v) is 6.93. The number of hydrogen-bond acceptors (Lipinski definition) is 5. The summed E-state index contributed by atoms with van der Waals surface area (Å²) in [6.07, 6.45) is 3.56. The number of H-pyrrole nitrogens is 1. The highest BCUT2D eigenvalue weighted by Gasteiger charge is 2.23. The topological polar surface area (TPSA) is 101 Å². The lowest BCUT2D eigenvalue weighted by molar-refractivity contribution is -0.120. The molecule has 204 valence electrons. The molecule has 0 unspecified atom stereocenters. The SMILES string of the molecule is CCCCOCC(=O)Nc1nc2c(-c3ccccc3)c(-c3ccccc3)[nH]n2c(=O)c1-c1ccc2ncccc2c1. The summed E-state index contributed by atoms with van der Waals surface area (Å²) in [5.74, 6) is -0.195. The lowest BCUT2D eigenvalue weighted by atomic mass is 10.0. The van der Waals surface area contributed by atoms with Gasteiger partial charge < -0.3 is 10.1 Å². The Balaban J connectivity index is 1.58. The number of ether oxygens (including phenoxy) is 1. The molecule has 0 bridgehead atoms. The molecule has 0 saturated heterocycles. The number of pyridine rings is 1. The van der Waals surface area contributed by atoms with Gasteiger partial charge in [0.05, 0.1) is 22.3 Å². The Morgan fingerprint density at radius 3 is 2.41 bits per heavy atom. The number of aromatic amines is 1. The van der Waals surface area contributed by atoms with Crippen molar-refractivity contribution in [3.63, 3.8) is 0 Å². The molecule has 3 heterocycles. The van der Waals surface area contributed by atoms with E-state index in [9.17, 15) is 9.59 Å². The molecular formula is C33H29N5O3. The van der Waals surface area contributed by atoms with E-state index in [-0.39, 0.29) is 29.5 Å². The maximum atomic E-state index is 14.3. The van der Waals surface area contributed by atoms with Gasteiger partial charge in [-0.1, -0.05) is 86.1 Å². The van der Waals surface area contributed by atoms with Crippen molar-refractivity contribution in [2.45, 2.75) is 19.8 Å². The van der Waals surface area contributed by atoms with Gasteiger partial charge in [-0.15, -0.1) is 0 Å². The number of aromatic nitrogens is 4. The van der Waals surface area contributed by atoms with Gasteiger partial charge in [0.15, 0.2) is 5.65 Å². The second kappa shape index (κ2) is 11.6. The fraction of sp³-hybridized carbons (Fsp3) is 0.152. The summed E-state index contributed by atoms with van der Waals surface area (Å²) >= 11 is 0. The highest BCUT2D eigenvalue weighted by atomic mass is 16.5. The first-order valence-electron chi connectivity index (χ1n) is 13.7. The van der Waals surface area contributed by atoms with Gasteiger partial charge >= 0.3 is 0 Å². The largest absolute Gasteiger partial charge is 0.372 e. The Labute approximate surface area is 236 Å². The zero-order chi connectivity index (χ0) is 28.2. The van der Waals surface area contributed by atoms with E-state index in [0.717, 1.165) is 46.1 Å². The minimum atomic E-state index is -0.374. The van der Waals surface area contributed by atoms with E-state index in [2.05, 4.69) is 22.3 Å². The number of rotatable bonds is 9. The Morgan fingerprint density at radius 2 is 1.66 bits per heavy atom. The lowest BCUT2D eigenvalue weighted by Crippen LogP contribution is -2.25. The molecule has 8 heteroatoms. The number of nitrogens with one attached hydrogen (secondary N) is 2. The summed E-state index contributed by atoms with van der Waals surface area (Å²) in [5, 5.41) is 7.06. The van der Waals surface area contributed by atoms with Crippen LogP contribution < -0.4 is 10.9 Å². The van der Waals surface area contributed by atoms with Gasteiger partial charge in [0.1, 0.15) is 12.4 Å². The van der Waals surface area contributed by atoms with Crippen LogP contribution in [0.4, 0.5) is 5.82 Å². The Bertz CT molecular complexity index is 1900. The minimum absolute atomic E-state index is 0.129. The van der Waals surface area contributed by atoms with E-state index in [4.69, 9.17) is 9.72 Å². The van der Waals surface area contributed by atoms with Gasteiger partial charge in [0.2, 0.25) is 0 Å². The van der Waals surface area contributed by atoms with Crippen LogP contribution in [0, 0.1) is 0 Å². The van der Waals surface area contributed by atoms with Crippen molar-refractivity contribution in [2.75, 3.05) is 18.5 Å². The van der Waals surface area contributed by atoms with Gasteiger partial charge in [-0.05, 0) is 35.7 Å². The second-order valence-electron chi connectivity index (χ2n) is 9.76. The van der Waals surface area contributed by atoms with E-state index in [1.54, 1.807) is 6.20 Å². The number of fused-ring (bicyclic) bond motifs is 2. The summed E-state index contributed by atoms with van der Waals surface area (Å²) in [7, 11) is 0. The van der Waals surface area contributed by atoms with Gasteiger partial charge in [-0.3, -0.25) is 19.7 Å². The molecule has 6 rings (SSSR count). The minimum Gasteiger partial charge on any atom is -0.372 e. The first-order valence-corrected chi connectivity index (χ1v) is 13.7. The van der Waals surface area contributed by atoms with Crippen molar-refractivity contribution in [1.29, 1.82) is 0 Å². The fourth-order valence-electron chi connectivity index (χ4n) is 4.93. The molecule has 0 fully saturated rings. The summed E-state index contributed by atoms with van der Waals surface area (Å²) in [5.41, 5.74) is 5.09. The van der Waals surface area contributed by atoms with E-state index in [1.807, 2.05) is 91.0 Å². The monoisotopic (exact) mass is 543 g/mol. The molecule has 3 aromatic carbocycles. The van der Waals surface area contributed by atoms with E-state index in [1.165, 1.54) is 4.52 Å². The number of unbranched alkanes of at least 4 members (excludes halogenated alkanes) is 1. The average Bonchev–Trinajstić information content (AvgIpc) is 3.40. The van der Waals surface area contributed by atoms with Crippen LogP contribution >= 0.6 is 0 Å². The van der Waals surface area contributed by atoms with Crippen molar-refractivity contribution in [3.05, 3.63) is 108 Å². The highest BCUT2D eigenvalue weighted by molar-refractivity contribution is 5.98. The number of benzene rings is 3. The predicted molar refractivity (Wildman–Crippen MR) is 162 cm³/mol. The van der Waals surface area contributed by atoms with Crippen LogP contribution in [0.25, 0.3) is 50.1 Å². The molecule has 41 heavy (non-hydrogen) atoms. The number of carbonyl (C=O) groups excluding carboxylic acids is 1. The quantitative estimate of drug-likeness (QED) is 0.208. The third kappa shape index (κ3) is 5.25. The predicted octanol–water partition coefficient (Wildman–Crippen LogP) is 6.33. The van der Waals surface area contributed by atoms with Crippen molar-refractivity contribution in [3.8, 4) is 33.5 Å². The average molecular weight is 544 g/mol. The molecule has 8 nitrogen and oxygen atoms in total. The van der Waals surface area contributed by atoms with Crippen LogP contribution in [0.2, 0.25) is 0 Å². The highest BCUT2D eigenvalue weighted by Crippen LogP contribution is 2.36. The van der Waals surface area contributed by atoms with Crippen molar-refractivity contribution in [2.24, 2.45) is 0 Å². The molecule has 0 aliphatic heterocycles. The molecule has 2 N–H and O–H groups in total. The maximum absolute atomic E-state index is 14.3. The molecule has 0 radical (unpaired) electrons. The molecular weight excluding hydrogens is 514 g/mol. The van der Waals surface area contributed by atoms with Crippen LogP contribution in [-0.2, 0) is 9.53 Å². The van der Waals surface area contributed by atoms with Gasteiger partial charge in [0.25, 0.3) is 11.5 Å². The van der Waals surface area contributed by atoms with Gasteiger partial charge in [-0.25, -0.2) is 4.98 Å². The molecule has 0 atom stereocenters. The van der Waals surface area contributed by atoms with Crippen LogP contribution in [0.5, 0.6) is 0 Å². The summed E-state index contributed by atoms with van der Waals surface area (Å²) < 4.78 is 7.01. The lowest BCUT2D eigenvalue weighted by Gasteiger charge is -2.12. The van der Waals surface area contributed by atoms with E-state index in [0.29, 0.717) is 17.8 Å². The first kappa shape index (κ1) is 26.2. The number of carbonyl (C=O) groups is 1.